The Bertz CT molecular complexity index is 432. The molecule has 0 fully saturated rings. The van der Waals surface area contributed by atoms with Gasteiger partial charge in [-0.15, -0.1) is 0 Å². The normalized spacial score (nSPS) is 11.3. The van der Waals surface area contributed by atoms with Crippen LogP contribution in [0.3, 0.4) is 0 Å². The van der Waals surface area contributed by atoms with Gasteiger partial charge in [-0.2, -0.15) is 0 Å². The van der Waals surface area contributed by atoms with Gasteiger partial charge in [-0.3, -0.25) is 4.79 Å². The molecule has 1 aromatic carbocycles. The lowest BCUT2D eigenvalue weighted by Crippen LogP contribution is -2.16. The summed E-state index contributed by atoms with van der Waals surface area (Å²) >= 11 is 0. The van der Waals surface area contributed by atoms with E-state index in [0.29, 0.717) is 30.9 Å². The largest absolute Gasteiger partial charge is 0.409 e. The second-order valence-corrected chi connectivity index (χ2v) is 3.56. The summed E-state index contributed by atoms with van der Waals surface area (Å²) in [6.07, 6.45) is 0.293. The van der Waals surface area contributed by atoms with Crippen molar-refractivity contribution in [2.24, 2.45) is 10.9 Å². The lowest BCUT2D eigenvalue weighted by molar-refractivity contribution is -0.117. The number of carbonyl (C=O) groups is 1. The van der Waals surface area contributed by atoms with Crippen LogP contribution in [0, 0.1) is 0 Å². The number of nitrogens with one attached hydrogen (secondary N) is 1. The molecule has 1 amide bonds. The number of anilines is 1. The predicted molar refractivity (Wildman–Crippen MR) is 68.7 cm³/mol. The zero-order valence-corrected chi connectivity index (χ0v) is 10.2. The molecule has 0 bridgehead atoms. The van der Waals surface area contributed by atoms with E-state index in [9.17, 15) is 4.79 Å². The second-order valence-electron chi connectivity index (χ2n) is 3.56. The van der Waals surface area contributed by atoms with Gasteiger partial charge in [0, 0.05) is 17.9 Å². The maximum absolute atomic E-state index is 11.5. The van der Waals surface area contributed by atoms with E-state index in [2.05, 4.69) is 10.5 Å². The van der Waals surface area contributed by atoms with Crippen LogP contribution < -0.4 is 11.1 Å². The number of hydrogen-bond acceptors (Lipinski definition) is 4. The molecular weight excluding hydrogens is 234 g/mol. The van der Waals surface area contributed by atoms with Crippen LogP contribution in [0.1, 0.15) is 18.9 Å². The Balaban J connectivity index is 2.59. The van der Waals surface area contributed by atoms with Crippen molar-refractivity contribution in [1.82, 2.24) is 0 Å². The quantitative estimate of drug-likeness (QED) is 0.232. The van der Waals surface area contributed by atoms with Crippen molar-refractivity contribution in [3.63, 3.8) is 0 Å². The van der Waals surface area contributed by atoms with Crippen molar-refractivity contribution in [3.8, 4) is 0 Å². The summed E-state index contributed by atoms with van der Waals surface area (Å²) in [6.45, 7) is 2.85. The molecule has 0 saturated heterocycles. The maximum atomic E-state index is 11.5. The fourth-order valence-corrected chi connectivity index (χ4v) is 1.35. The fraction of sp³-hybridized carbons (Fsp3) is 0.333. The summed E-state index contributed by atoms with van der Waals surface area (Å²) in [4.78, 5) is 11.5. The molecule has 0 heterocycles. The highest BCUT2D eigenvalue weighted by molar-refractivity contribution is 5.99. The van der Waals surface area contributed by atoms with E-state index in [1.54, 1.807) is 24.3 Å². The van der Waals surface area contributed by atoms with Crippen molar-refractivity contribution in [1.29, 1.82) is 0 Å². The lowest BCUT2D eigenvalue weighted by atomic mass is 10.2. The Morgan fingerprint density at radius 1 is 1.56 bits per heavy atom. The third-order valence-corrected chi connectivity index (χ3v) is 2.23. The molecule has 0 atom stereocenters. The van der Waals surface area contributed by atoms with Crippen molar-refractivity contribution in [2.75, 3.05) is 18.5 Å². The van der Waals surface area contributed by atoms with Gasteiger partial charge in [0.2, 0.25) is 5.91 Å². The average Bonchev–Trinajstić information content (AvgIpc) is 2.38. The van der Waals surface area contributed by atoms with E-state index in [0.717, 1.165) is 0 Å². The van der Waals surface area contributed by atoms with Gasteiger partial charge in [-0.1, -0.05) is 17.3 Å². The Morgan fingerprint density at radius 3 is 3.00 bits per heavy atom. The number of rotatable bonds is 6. The molecule has 0 unspecified atom stereocenters. The van der Waals surface area contributed by atoms with Crippen LogP contribution >= 0.6 is 0 Å². The Hall–Kier alpha value is -2.08. The number of amides is 1. The number of amidine groups is 1. The molecule has 0 spiro atoms. The summed E-state index contributed by atoms with van der Waals surface area (Å²) in [5, 5.41) is 14.2. The minimum absolute atomic E-state index is 0.000385. The number of nitrogens with two attached hydrogens (primary N) is 1. The third kappa shape index (κ3) is 4.42. The van der Waals surface area contributed by atoms with Crippen molar-refractivity contribution in [3.05, 3.63) is 29.8 Å². The van der Waals surface area contributed by atoms with Crippen molar-refractivity contribution >= 4 is 17.4 Å². The number of oxime groups is 1. The summed E-state index contributed by atoms with van der Waals surface area (Å²) < 4.78 is 5.09. The Morgan fingerprint density at radius 2 is 2.33 bits per heavy atom. The van der Waals surface area contributed by atoms with Crippen LogP contribution in [0.4, 0.5) is 5.69 Å². The molecule has 0 aliphatic heterocycles. The summed E-state index contributed by atoms with van der Waals surface area (Å²) in [5.74, 6) is -0.138. The third-order valence-electron chi connectivity index (χ3n) is 2.23. The van der Waals surface area contributed by atoms with Gasteiger partial charge in [0.15, 0.2) is 5.84 Å². The van der Waals surface area contributed by atoms with Crippen LogP contribution in [0.25, 0.3) is 0 Å². The molecule has 0 saturated carbocycles. The van der Waals surface area contributed by atoms with E-state index in [-0.39, 0.29) is 11.7 Å². The first kappa shape index (κ1) is 14.0. The monoisotopic (exact) mass is 251 g/mol. The zero-order valence-electron chi connectivity index (χ0n) is 10.2. The molecule has 0 aliphatic rings. The summed E-state index contributed by atoms with van der Waals surface area (Å²) in [7, 11) is 0. The molecule has 18 heavy (non-hydrogen) atoms. The highest BCUT2D eigenvalue weighted by atomic mass is 16.5. The van der Waals surface area contributed by atoms with E-state index >= 15 is 0 Å². The number of nitrogens with zero attached hydrogens (tertiary/aromatic N) is 1. The van der Waals surface area contributed by atoms with Gasteiger partial charge in [0.05, 0.1) is 13.0 Å². The number of benzene rings is 1. The van der Waals surface area contributed by atoms with Crippen LogP contribution in [0.2, 0.25) is 0 Å². The van der Waals surface area contributed by atoms with E-state index in [1.165, 1.54) is 0 Å². The number of carbonyl (C=O) groups excluding carboxylic acids is 1. The molecular formula is C12H17N3O3. The van der Waals surface area contributed by atoms with Crippen LogP contribution in [-0.2, 0) is 9.53 Å². The minimum atomic E-state index is -0.139. The maximum Gasteiger partial charge on any atom is 0.226 e. The molecule has 1 rings (SSSR count). The highest BCUT2D eigenvalue weighted by Gasteiger charge is 2.04. The molecule has 0 aliphatic carbocycles. The first-order chi connectivity index (χ1) is 8.67. The fourth-order valence-electron chi connectivity index (χ4n) is 1.35. The molecule has 98 valence electrons. The van der Waals surface area contributed by atoms with Crippen molar-refractivity contribution in [2.45, 2.75) is 13.3 Å². The summed E-state index contributed by atoms with van der Waals surface area (Å²) in [6, 6.07) is 6.76. The van der Waals surface area contributed by atoms with Gasteiger partial charge in [0.25, 0.3) is 0 Å². The smallest absolute Gasteiger partial charge is 0.226 e. The van der Waals surface area contributed by atoms with Crippen LogP contribution in [-0.4, -0.2) is 30.2 Å². The first-order valence-corrected chi connectivity index (χ1v) is 5.63. The minimum Gasteiger partial charge on any atom is -0.409 e. The highest BCUT2D eigenvalue weighted by Crippen LogP contribution is 2.10. The topological polar surface area (TPSA) is 96.9 Å². The van der Waals surface area contributed by atoms with Crippen LogP contribution in [0.5, 0.6) is 0 Å². The van der Waals surface area contributed by atoms with E-state index in [1.807, 2.05) is 6.92 Å². The van der Waals surface area contributed by atoms with Gasteiger partial charge in [-0.25, -0.2) is 0 Å². The molecule has 4 N–H and O–H groups in total. The first-order valence-electron chi connectivity index (χ1n) is 5.63. The van der Waals surface area contributed by atoms with E-state index in [4.69, 9.17) is 15.7 Å². The molecule has 1 aromatic rings. The number of ether oxygens (including phenoxy) is 1. The summed E-state index contributed by atoms with van der Waals surface area (Å²) in [5.41, 5.74) is 6.60. The average molecular weight is 251 g/mol. The second kappa shape index (κ2) is 7.29. The molecule has 6 heteroatoms. The van der Waals surface area contributed by atoms with Crippen molar-refractivity contribution < 1.29 is 14.7 Å². The molecule has 6 nitrogen and oxygen atoms in total. The molecule has 0 radical (unpaired) electrons. The SMILES string of the molecule is CCOCCC(=O)Nc1cccc(C(N)=NO)c1. The van der Waals surface area contributed by atoms with Gasteiger partial charge in [-0.05, 0) is 19.1 Å². The van der Waals surface area contributed by atoms with E-state index < -0.39 is 0 Å². The Labute approximate surface area is 105 Å². The zero-order chi connectivity index (χ0) is 13.4. The van der Waals surface area contributed by atoms with Gasteiger partial charge < -0.3 is 21.0 Å². The predicted octanol–water partition coefficient (Wildman–Crippen LogP) is 1.15. The number of hydrogen-bond donors (Lipinski definition) is 3. The standard InChI is InChI=1S/C12H17N3O3/c1-2-18-7-6-11(16)14-10-5-3-4-9(8-10)12(13)15-17/h3-5,8,17H,2,6-7H2,1H3,(H2,13,15)(H,14,16). The Kier molecular flexibility index (Phi) is 5.66. The lowest BCUT2D eigenvalue weighted by Gasteiger charge is -2.07. The van der Waals surface area contributed by atoms with Gasteiger partial charge in [0.1, 0.15) is 0 Å². The van der Waals surface area contributed by atoms with Crippen LogP contribution in [0.15, 0.2) is 29.4 Å². The van der Waals surface area contributed by atoms with Gasteiger partial charge >= 0.3 is 0 Å². The molecule has 0 aromatic heterocycles.